The first-order chi connectivity index (χ1) is 11.0. The quantitative estimate of drug-likeness (QED) is 0.313. The summed E-state index contributed by atoms with van der Waals surface area (Å²) in [5.74, 6) is -0.823. The topological polar surface area (TPSA) is 52.6 Å². The van der Waals surface area contributed by atoms with Crippen molar-refractivity contribution in [1.29, 1.82) is 0 Å². The number of fused-ring (bicyclic) bond motifs is 1. The molecule has 5 heteroatoms. The smallest absolute Gasteiger partial charge is 0.270 e. The summed E-state index contributed by atoms with van der Waals surface area (Å²) < 4.78 is 36.4. The molecule has 0 radical (unpaired) electrons. The van der Waals surface area contributed by atoms with E-state index >= 15 is 0 Å². The summed E-state index contributed by atoms with van der Waals surface area (Å²) in [6.07, 6.45) is 12.5. The highest BCUT2D eigenvalue weighted by molar-refractivity contribution is 7.86. The molecule has 2 fully saturated rings. The molecule has 0 aromatic rings. The first-order valence-corrected chi connectivity index (χ1v) is 10.8. The Hall–Kier alpha value is -0.390. The maximum absolute atomic E-state index is 12.4. The number of unbranched alkanes of at least 4 members (excludes halogenated alkanes) is 5. The van der Waals surface area contributed by atoms with Crippen molar-refractivity contribution in [2.75, 3.05) is 12.4 Å². The number of rotatable bonds is 11. The second kappa shape index (κ2) is 8.13. The molecule has 0 amide bonds. The summed E-state index contributed by atoms with van der Waals surface area (Å²) in [6.45, 7) is 6.59. The van der Waals surface area contributed by atoms with Gasteiger partial charge < -0.3 is 4.74 Å². The van der Waals surface area contributed by atoms with Gasteiger partial charge in [-0.3, -0.25) is 0 Å². The van der Waals surface area contributed by atoms with Crippen LogP contribution in [-0.4, -0.2) is 26.6 Å². The van der Waals surface area contributed by atoms with Crippen LogP contribution in [0.3, 0.4) is 0 Å². The Bertz CT molecular complexity index is 473. The Kier molecular flexibility index (Phi) is 6.69. The van der Waals surface area contributed by atoms with Gasteiger partial charge in [-0.25, -0.2) is 4.18 Å². The van der Waals surface area contributed by atoms with E-state index in [-0.39, 0.29) is 11.2 Å². The number of ether oxygens (including phenoxy) is 1. The molecule has 1 saturated heterocycles. The van der Waals surface area contributed by atoms with Crippen molar-refractivity contribution in [3.63, 3.8) is 0 Å². The molecule has 2 atom stereocenters. The van der Waals surface area contributed by atoms with Crippen LogP contribution in [0.5, 0.6) is 0 Å². The third kappa shape index (κ3) is 4.37. The number of allylic oxidation sites excluding steroid dienone is 1. The molecule has 1 heterocycles. The van der Waals surface area contributed by atoms with Gasteiger partial charge in [0.1, 0.15) is 0 Å². The van der Waals surface area contributed by atoms with E-state index in [1.165, 1.54) is 19.3 Å². The Labute approximate surface area is 141 Å². The number of hydrogen-bond acceptors (Lipinski definition) is 4. The third-order valence-corrected chi connectivity index (χ3v) is 6.74. The van der Waals surface area contributed by atoms with Crippen molar-refractivity contribution in [3.8, 4) is 0 Å². The van der Waals surface area contributed by atoms with Crippen molar-refractivity contribution in [1.82, 2.24) is 0 Å². The minimum atomic E-state index is -3.54. The Morgan fingerprint density at radius 1 is 1.13 bits per heavy atom. The fourth-order valence-electron chi connectivity index (χ4n) is 4.16. The molecule has 2 rings (SSSR count). The fraction of sp³-hybridized carbons (Fsp3) is 0.889. The zero-order valence-electron chi connectivity index (χ0n) is 14.5. The van der Waals surface area contributed by atoms with E-state index in [1.54, 1.807) is 0 Å². The van der Waals surface area contributed by atoms with Crippen LogP contribution in [0.4, 0.5) is 0 Å². The Morgan fingerprint density at radius 2 is 1.87 bits per heavy atom. The van der Waals surface area contributed by atoms with Gasteiger partial charge >= 0.3 is 0 Å². The monoisotopic (exact) mass is 344 g/mol. The van der Waals surface area contributed by atoms with Crippen molar-refractivity contribution < 1.29 is 17.3 Å². The van der Waals surface area contributed by atoms with Crippen LogP contribution >= 0.6 is 0 Å². The standard InChI is InChI=1S/C18H32O4S/c1-3-5-6-7-8-9-16-23(19,20)22-18-13-10-12-17(18,11-4-2)14-15-21-18/h4H,2-3,5-16H2,1H3. The molecule has 0 aromatic heterocycles. The molecular weight excluding hydrogens is 312 g/mol. The second-order valence-corrected chi connectivity index (χ2v) is 8.78. The third-order valence-electron chi connectivity index (χ3n) is 5.43. The van der Waals surface area contributed by atoms with E-state index in [2.05, 4.69) is 13.5 Å². The molecule has 23 heavy (non-hydrogen) atoms. The van der Waals surface area contributed by atoms with Crippen LogP contribution in [0.1, 0.15) is 77.6 Å². The van der Waals surface area contributed by atoms with Crippen LogP contribution < -0.4 is 0 Å². The van der Waals surface area contributed by atoms with Crippen LogP contribution in [0.15, 0.2) is 12.7 Å². The van der Waals surface area contributed by atoms with E-state index in [0.29, 0.717) is 19.4 Å². The van der Waals surface area contributed by atoms with Crippen molar-refractivity contribution in [3.05, 3.63) is 12.7 Å². The van der Waals surface area contributed by atoms with Gasteiger partial charge in [-0.2, -0.15) is 8.42 Å². The first-order valence-electron chi connectivity index (χ1n) is 9.17. The van der Waals surface area contributed by atoms with Crippen LogP contribution in [-0.2, 0) is 19.0 Å². The number of hydrogen-bond donors (Lipinski definition) is 0. The van der Waals surface area contributed by atoms with Crippen LogP contribution in [0.25, 0.3) is 0 Å². The van der Waals surface area contributed by atoms with E-state index in [0.717, 1.165) is 38.5 Å². The molecule has 4 nitrogen and oxygen atoms in total. The summed E-state index contributed by atoms with van der Waals surface area (Å²) in [7, 11) is -3.54. The van der Waals surface area contributed by atoms with Crippen molar-refractivity contribution in [2.24, 2.45) is 5.41 Å². The summed E-state index contributed by atoms with van der Waals surface area (Å²) in [6, 6.07) is 0. The van der Waals surface area contributed by atoms with Crippen LogP contribution in [0.2, 0.25) is 0 Å². The lowest BCUT2D eigenvalue weighted by molar-refractivity contribution is -0.187. The highest BCUT2D eigenvalue weighted by atomic mass is 32.2. The molecule has 1 aliphatic heterocycles. The minimum Gasteiger partial charge on any atom is -0.348 e. The predicted molar refractivity (Wildman–Crippen MR) is 92.6 cm³/mol. The SMILES string of the molecule is C=CCC12CCCC1(OS(=O)(=O)CCCCCCCC)OCC2. The predicted octanol–water partition coefficient (Wildman–Crippen LogP) is 4.56. The lowest BCUT2D eigenvalue weighted by Crippen LogP contribution is -2.44. The maximum atomic E-state index is 12.4. The van der Waals surface area contributed by atoms with Crippen molar-refractivity contribution in [2.45, 2.75) is 83.3 Å². The molecule has 0 aromatic carbocycles. The van der Waals surface area contributed by atoms with Gasteiger partial charge in [-0.15, -0.1) is 6.58 Å². The second-order valence-electron chi connectivity index (χ2n) is 7.09. The molecule has 0 spiro atoms. The molecular formula is C18H32O4S. The van der Waals surface area contributed by atoms with E-state index in [9.17, 15) is 8.42 Å². The van der Waals surface area contributed by atoms with Gasteiger partial charge in [-0.1, -0.05) is 45.1 Å². The molecule has 0 bridgehead atoms. The molecule has 1 aliphatic carbocycles. The lowest BCUT2D eigenvalue weighted by Gasteiger charge is -2.37. The summed E-state index contributed by atoms with van der Waals surface area (Å²) >= 11 is 0. The minimum absolute atomic E-state index is 0.106. The average Bonchev–Trinajstić information content (AvgIpc) is 2.96. The van der Waals surface area contributed by atoms with Gasteiger partial charge in [0.05, 0.1) is 12.4 Å². The zero-order chi connectivity index (χ0) is 16.8. The molecule has 2 aliphatic rings. The maximum Gasteiger partial charge on any atom is 0.270 e. The van der Waals surface area contributed by atoms with Gasteiger partial charge in [-0.05, 0) is 32.1 Å². The zero-order valence-corrected chi connectivity index (χ0v) is 15.3. The van der Waals surface area contributed by atoms with Crippen LogP contribution in [0, 0.1) is 5.41 Å². The van der Waals surface area contributed by atoms with Gasteiger partial charge in [0, 0.05) is 11.8 Å². The highest BCUT2D eigenvalue weighted by Gasteiger charge is 2.61. The summed E-state index contributed by atoms with van der Waals surface area (Å²) in [5.41, 5.74) is -0.192. The fourth-order valence-corrected chi connectivity index (χ4v) is 5.52. The van der Waals surface area contributed by atoms with Crippen molar-refractivity contribution >= 4 is 10.1 Å². The molecule has 134 valence electrons. The van der Waals surface area contributed by atoms with E-state index in [4.69, 9.17) is 8.92 Å². The largest absolute Gasteiger partial charge is 0.348 e. The molecule has 2 unspecified atom stereocenters. The summed E-state index contributed by atoms with van der Waals surface area (Å²) in [5, 5.41) is 0. The van der Waals surface area contributed by atoms with Gasteiger partial charge in [0.25, 0.3) is 10.1 Å². The normalized spacial score (nSPS) is 30.5. The van der Waals surface area contributed by atoms with Gasteiger partial charge in [0.15, 0.2) is 5.79 Å². The van der Waals surface area contributed by atoms with Gasteiger partial charge in [0.2, 0.25) is 0 Å². The Balaban J connectivity index is 1.90. The Morgan fingerprint density at radius 3 is 2.61 bits per heavy atom. The highest BCUT2D eigenvalue weighted by Crippen LogP contribution is 2.58. The lowest BCUT2D eigenvalue weighted by atomic mass is 9.77. The average molecular weight is 345 g/mol. The van der Waals surface area contributed by atoms with E-state index in [1.807, 2.05) is 6.08 Å². The molecule has 0 N–H and O–H groups in total. The van der Waals surface area contributed by atoms with E-state index < -0.39 is 15.9 Å². The summed E-state index contributed by atoms with van der Waals surface area (Å²) in [4.78, 5) is 0. The molecule has 1 saturated carbocycles. The first kappa shape index (κ1) is 18.9.